The van der Waals surface area contributed by atoms with Crippen molar-refractivity contribution in [3.8, 4) is 6.07 Å². The minimum atomic E-state index is -0.784. The van der Waals surface area contributed by atoms with Crippen molar-refractivity contribution in [1.29, 1.82) is 5.26 Å². The first-order valence-corrected chi connectivity index (χ1v) is 5.13. The molecular formula is C11H17N3O. The predicted molar refractivity (Wildman–Crippen MR) is 56.9 cm³/mol. The molecule has 1 unspecified atom stereocenters. The lowest BCUT2D eigenvalue weighted by molar-refractivity contribution is 0.0867. The standard InChI is InChI=1S/C11H17N3O/c1-4-5-14-7-9(6-13-14)10(15)11(2,3)8-12/h6-7,10,15H,4-5H2,1-3H3. The zero-order chi connectivity index (χ0) is 11.5. The van der Waals surface area contributed by atoms with Crippen LogP contribution in [-0.2, 0) is 6.54 Å². The van der Waals surface area contributed by atoms with E-state index in [1.54, 1.807) is 30.9 Å². The molecule has 1 heterocycles. The number of nitriles is 1. The van der Waals surface area contributed by atoms with Crippen LogP contribution in [0.25, 0.3) is 0 Å². The summed E-state index contributed by atoms with van der Waals surface area (Å²) >= 11 is 0. The lowest BCUT2D eigenvalue weighted by Crippen LogP contribution is -2.19. The Labute approximate surface area is 90.1 Å². The summed E-state index contributed by atoms with van der Waals surface area (Å²) in [6, 6.07) is 2.09. The summed E-state index contributed by atoms with van der Waals surface area (Å²) in [6.07, 6.45) is 3.64. The summed E-state index contributed by atoms with van der Waals surface area (Å²) < 4.78 is 1.78. The number of hydrogen-bond donors (Lipinski definition) is 1. The maximum atomic E-state index is 9.95. The molecule has 1 atom stereocenters. The van der Waals surface area contributed by atoms with Gasteiger partial charge in [0.05, 0.1) is 17.7 Å². The highest BCUT2D eigenvalue weighted by Gasteiger charge is 2.29. The number of aryl methyl sites for hydroxylation is 1. The van der Waals surface area contributed by atoms with Crippen molar-refractivity contribution >= 4 is 0 Å². The normalized spacial score (nSPS) is 13.5. The molecule has 0 saturated carbocycles. The van der Waals surface area contributed by atoms with Crippen LogP contribution >= 0.6 is 0 Å². The van der Waals surface area contributed by atoms with Crippen molar-refractivity contribution < 1.29 is 5.11 Å². The fraction of sp³-hybridized carbons (Fsp3) is 0.636. The van der Waals surface area contributed by atoms with E-state index in [4.69, 9.17) is 5.26 Å². The second-order valence-corrected chi connectivity index (χ2v) is 4.27. The summed E-state index contributed by atoms with van der Waals surface area (Å²) in [5.41, 5.74) is -0.0740. The van der Waals surface area contributed by atoms with E-state index in [0.717, 1.165) is 13.0 Å². The Morgan fingerprint density at radius 2 is 2.33 bits per heavy atom. The summed E-state index contributed by atoms with van der Waals surface area (Å²) in [7, 11) is 0. The van der Waals surface area contributed by atoms with Gasteiger partial charge in [-0.15, -0.1) is 0 Å². The number of aliphatic hydroxyl groups excluding tert-OH is 1. The highest BCUT2D eigenvalue weighted by atomic mass is 16.3. The summed E-state index contributed by atoms with van der Waals surface area (Å²) in [5.74, 6) is 0. The Bertz CT molecular complexity index is 362. The average Bonchev–Trinajstić information content (AvgIpc) is 2.66. The Hall–Kier alpha value is -1.34. The molecule has 15 heavy (non-hydrogen) atoms. The van der Waals surface area contributed by atoms with E-state index in [1.165, 1.54) is 0 Å². The van der Waals surface area contributed by atoms with Crippen molar-refractivity contribution in [2.24, 2.45) is 5.41 Å². The number of hydrogen-bond acceptors (Lipinski definition) is 3. The van der Waals surface area contributed by atoms with Crippen LogP contribution in [0, 0.1) is 16.7 Å². The van der Waals surface area contributed by atoms with E-state index in [0.29, 0.717) is 5.56 Å². The first-order chi connectivity index (χ1) is 7.01. The third-order valence-corrected chi connectivity index (χ3v) is 2.39. The maximum Gasteiger partial charge on any atom is 0.100 e. The lowest BCUT2D eigenvalue weighted by atomic mass is 9.85. The van der Waals surface area contributed by atoms with Crippen LogP contribution in [0.5, 0.6) is 0 Å². The van der Waals surface area contributed by atoms with E-state index in [-0.39, 0.29) is 0 Å². The van der Waals surface area contributed by atoms with Gasteiger partial charge in [-0.25, -0.2) is 0 Å². The molecule has 0 saturated heterocycles. The summed E-state index contributed by atoms with van der Waals surface area (Å²) in [5, 5.41) is 23.0. The van der Waals surface area contributed by atoms with Gasteiger partial charge < -0.3 is 5.11 Å². The Morgan fingerprint density at radius 3 is 2.87 bits per heavy atom. The second-order valence-electron chi connectivity index (χ2n) is 4.27. The van der Waals surface area contributed by atoms with Gasteiger partial charge in [0.1, 0.15) is 6.10 Å². The first kappa shape index (κ1) is 11.7. The molecule has 0 radical (unpaired) electrons. The summed E-state index contributed by atoms with van der Waals surface area (Å²) in [4.78, 5) is 0. The largest absolute Gasteiger partial charge is 0.387 e. The minimum absolute atomic E-state index is 0.704. The van der Waals surface area contributed by atoms with Crippen molar-refractivity contribution in [1.82, 2.24) is 9.78 Å². The molecule has 1 aromatic heterocycles. The van der Waals surface area contributed by atoms with Gasteiger partial charge in [0, 0.05) is 18.3 Å². The van der Waals surface area contributed by atoms with E-state index in [1.807, 2.05) is 0 Å². The van der Waals surface area contributed by atoms with Crippen LogP contribution in [0.4, 0.5) is 0 Å². The average molecular weight is 207 g/mol. The zero-order valence-corrected chi connectivity index (χ0v) is 9.44. The van der Waals surface area contributed by atoms with Gasteiger partial charge in [-0.05, 0) is 20.3 Å². The van der Waals surface area contributed by atoms with Crippen molar-refractivity contribution in [2.45, 2.75) is 39.8 Å². The van der Waals surface area contributed by atoms with Gasteiger partial charge in [0.25, 0.3) is 0 Å². The molecule has 0 aromatic carbocycles. The SMILES string of the molecule is CCCn1cc(C(O)C(C)(C)C#N)cn1. The fourth-order valence-electron chi connectivity index (χ4n) is 1.35. The van der Waals surface area contributed by atoms with Gasteiger partial charge in [-0.1, -0.05) is 6.92 Å². The van der Waals surface area contributed by atoms with Crippen LogP contribution in [0.2, 0.25) is 0 Å². The van der Waals surface area contributed by atoms with E-state index in [9.17, 15) is 5.11 Å². The topological polar surface area (TPSA) is 61.8 Å². The van der Waals surface area contributed by atoms with Crippen LogP contribution in [0.15, 0.2) is 12.4 Å². The predicted octanol–water partition coefficient (Wildman–Crippen LogP) is 1.88. The Kier molecular flexibility index (Phi) is 3.48. The zero-order valence-electron chi connectivity index (χ0n) is 9.44. The number of nitrogens with zero attached hydrogens (tertiary/aromatic N) is 3. The highest BCUT2D eigenvalue weighted by molar-refractivity contribution is 5.15. The number of aromatic nitrogens is 2. The molecule has 4 nitrogen and oxygen atoms in total. The van der Waals surface area contributed by atoms with Crippen LogP contribution in [-0.4, -0.2) is 14.9 Å². The Balaban J connectivity index is 2.83. The molecule has 0 spiro atoms. The minimum Gasteiger partial charge on any atom is -0.387 e. The molecule has 0 aliphatic rings. The maximum absolute atomic E-state index is 9.95. The molecule has 0 bridgehead atoms. The van der Waals surface area contributed by atoms with Crippen molar-refractivity contribution in [3.05, 3.63) is 18.0 Å². The van der Waals surface area contributed by atoms with Gasteiger partial charge in [-0.3, -0.25) is 4.68 Å². The smallest absolute Gasteiger partial charge is 0.100 e. The number of aliphatic hydroxyl groups is 1. The third kappa shape index (κ3) is 2.57. The Morgan fingerprint density at radius 1 is 1.67 bits per heavy atom. The van der Waals surface area contributed by atoms with Crippen LogP contribution in [0.3, 0.4) is 0 Å². The van der Waals surface area contributed by atoms with Crippen LogP contribution in [0.1, 0.15) is 38.9 Å². The molecule has 0 amide bonds. The molecule has 0 aliphatic carbocycles. The molecule has 1 N–H and O–H groups in total. The van der Waals surface area contributed by atoms with E-state index >= 15 is 0 Å². The fourth-order valence-corrected chi connectivity index (χ4v) is 1.35. The van der Waals surface area contributed by atoms with Gasteiger partial charge >= 0.3 is 0 Å². The molecule has 4 heteroatoms. The molecule has 82 valence electrons. The van der Waals surface area contributed by atoms with Gasteiger partial charge in [-0.2, -0.15) is 10.4 Å². The molecule has 0 fully saturated rings. The first-order valence-electron chi connectivity index (χ1n) is 5.13. The monoisotopic (exact) mass is 207 g/mol. The molecule has 0 aliphatic heterocycles. The third-order valence-electron chi connectivity index (χ3n) is 2.39. The molecular weight excluding hydrogens is 190 g/mol. The van der Waals surface area contributed by atoms with E-state index in [2.05, 4.69) is 18.1 Å². The molecule has 1 rings (SSSR count). The van der Waals surface area contributed by atoms with Gasteiger partial charge in [0.15, 0.2) is 0 Å². The highest BCUT2D eigenvalue weighted by Crippen LogP contribution is 2.31. The lowest BCUT2D eigenvalue weighted by Gasteiger charge is -2.21. The van der Waals surface area contributed by atoms with Gasteiger partial charge in [0.2, 0.25) is 0 Å². The van der Waals surface area contributed by atoms with Crippen molar-refractivity contribution in [2.75, 3.05) is 0 Å². The molecule has 1 aromatic rings. The summed E-state index contributed by atoms with van der Waals surface area (Å²) in [6.45, 7) is 6.33. The quantitative estimate of drug-likeness (QED) is 0.819. The van der Waals surface area contributed by atoms with E-state index < -0.39 is 11.5 Å². The number of rotatable bonds is 4. The second kappa shape index (κ2) is 4.45. The van der Waals surface area contributed by atoms with Crippen molar-refractivity contribution in [3.63, 3.8) is 0 Å². The van der Waals surface area contributed by atoms with Crippen LogP contribution < -0.4 is 0 Å².